The van der Waals surface area contributed by atoms with Crippen LogP contribution in [0.1, 0.15) is 19.5 Å². The van der Waals surface area contributed by atoms with E-state index in [4.69, 9.17) is 9.47 Å². The van der Waals surface area contributed by atoms with Crippen molar-refractivity contribution in [2.75, 3.05) is 25.3 Å². The highest BCUT2D eigenvalue weighted by Gasteiger charge is 2.16. The van der Waals surface area contributed by atoms with Gasteiger partial charge in [0, 0.05) is 17.8 Å². The van der Waals surface area contributed by atoms with E-state index in [1.165, 1.54) is 32.2 Å². The van der Waals surface area contributed by atoms with Crippen LogP contribution in [0.15, 0.2) is 29.6 Å². The van der Waals surface area contributed by atoms with E-state index in [1.54, 1.807) is 22.8 Å². The fourth-order valence-electron chi connectivity index (χ4n) is 2.55. The molecular formula is C19H26N4O5S. The van der Waals surface area contributed by atoms with Gasteiger partial charge in [0.2, 0.25) is 11.8 Å². The molecule has 2 aromatic rings. The standard InChI is InChI=1S/C19H26N4O5S/c1-12(2)21-17(25)9-23-14(10-24)8-20-19(23)29-11-18(26)22-13-5-6-15(27-3)16(7-13)28-4/h5-8,12,24H,9-11H2,1-4H3,(H,21,25)(H,22,26). The second-order valence-corrected chi connectivity index (χ2v) is 7.35. The summed E-state index contributed by atoms with van der Waals surface area (Å²) in [6.07, 6.45) is 1.50. The summed E-state index contributed by atoms with van der Waals surface area (Å²) in [5.74, 6) is 0.732. The number of amides is 2. The molecule has 0 aliphatic rings. The van der Waals surface area contributed by atoms with Gasteiger partial charge in [-0.3, -0.25) is 9.59 Å². The first-order valence-corrected chi connectivity index (χ1v) is 9.95. The van der Waals surface area contributed by atoms with Crippen LogP contribution in [0.4, 0.5) is 5.69 Å². The van der Waals surface area contributed by atoms with Crippen molar-refractivity contribution < 1.29 is 24.2 Å². The third-order valence-corrected chi connectivity index (χ3v) is 4.81. The second-order valence-electron chi connectivity index (χ2n) is 6.41. The number of hydrogen-bond acceptors (Lipinski definition) is 7. The molecular weight excluding hydrogens is 396 g/mol. The Morgan fingerprint density at radius 3 is 2.55 bits per heavy atom. The largest absolute Gasteiger partial charge is 0.493 e. The van der Waals surface area contributed by atoms with E-state index >= 15 is 0 Å². The van der Waals surface area contributed by atoms with Gasteiger partial charge in [-0.2, -0.15) is 0 Å². The quantitative estimate of drug-likeness (QED) is 0.499. The van der Waals surface area contributed by atoms with E-state index in [9.17, 15) is 14.7 Å². The van der Waals surface area contributed by atoms with E-state index in [-0.39, 0.29) is 36.8 Å². The average molecular weight is 423 g/mol. The lowest BCUT2D eigenvalue weighted by atomic mass is 10.2. The Balaban J connectivity index is 2.01. The zero-order chi connectivity index (χ0) is 21.4. The Labute approximate surface area is 173 Å². The lowest BCUT2D eigenvalue weighted by molar-refractivity contribution is -0.122. The molecule has 2 amide bonds. The molecule has 0 saturated heterocycles. The number of hydrogen-bond donors (Lipinski definition) is 3. The molecule has 0 aliphatic carbocycles. The van der Waals surface area contributed by atoms with Gasteiger partial charge in [-0.15, -0.1) is 0 Å². The first kappa shape index (κ1) is 22.6. The number of nitrogens with zero attached hydrogens (tertiary/aromatic N) is 2. The molecule has 0 bridgehead atoms. The Hall–Kier alpha value is -2.72. The summed E-state index contributed by atoms with van der Waals surface area (Å²) >= 11 is 1.18. The van der Waals surface area contributed by atoms with E-state index in [0.717, 1.165) is 0 Å². The Kier molecular flexibility index (Phi) is 8.34. The summed E-state index contributed by atoms with van der Waals surface area (Å²) in [5.41, 5.74) is 1.08. The molecule has 158 valence electrons. The number of anilines is 1. The summed E-state index contributed by atoms with van der Waals surface area (Å²) in [6.45, 7) is 3.51. The number of aromatic nitrogens is 2. The zero-order valence-electron chi connectivity index (χ0n) is 16.9. The normalized spacial score (nSPS) is 10.7. The van der Waals surface area contributed by atoms with Crippen molar-refractivity contribution in [1.29, 1.82) is 0 Å². The number of imidazole rings is 1. The molecule has 0 atom stereocenters. The molecule has 1 heterocycles. The molecule has 0 fully saturated rings. The molecule has 1 aromatic heterocycles. The number of benzene rings is 1. The highest BCUT2D eigenvalue weighted by atomic mass is 32.2. The maximum atomic E-state index is 12.3. The zero-order valence-corrected chi connectivity index (χ0v) is 17.7. The monoisotopic (exact) mass is 422 g/mol. The lowest BCUT2D eigenvalue weighted by Crippen LogP contribution is -2.33. The van der Waals surface area contributed by atoms with Gasteiger partial charge < -0.3 is 29.8 Å². The van der Waals surface area contributed by atoms with Crippen molar-refractivity contribution >= 4 is 29.3 Å². The summed E-state index contributed by atoms with van der Waals surface area (Å²) in [5, 5.41) is 15.6. The minimum absolute atomic E-state index is 0.00645. The van der Waals surface area contributed by atoms with Gasteiger partial charge in [-0.05, 0) is 26.0 Å². The van der Waals surface area contributed by atoms with Crippen LogP contribution in [0.25, 0.3) is 0 Å². The van der Waals surface area contributed by atoms with Crippen molar-refractivity contribution in [3.63, 3.8) is 0 Å². The summed E-state index contributed by atoms with van der Waals surface area (Å²) < 4.78 is 12.0. The van der Waals surface area contributed by atoms with Gasteiger partial charge in [-0.25, -0.2) is 4.98 Å². The third kappa shape index (κ3) is 6.40. The Morgan fingerprint density at radius 2 is 1.93 bits per heavy atom. The number of carbonyl (C=O) groups is 2. The van der Waals surface area contributed by atoms with Crippen LogP contribution in [0.3, 0.4) is 0 Å². The van der Waals surface area contributed by atoms with Crippen molar-refractivity contribution in [3.05, 3.63) is 30.1 Å². The minimum Gasteiger partial charge on any atom is -0.493 e. The molecule has 0 unspecified atom stereocenters. The number of nitrogens with one attached hydrogen (secondary N) is 2. The lowest BCUT2D eigenvalue weighted by Gasteiger charge is -2.13. The van der Waals surface area contributed by atoms with Gasteiger partial charge in [-0.1, -0.05) is 11.8 Å². The van der Waals surface area contributed by atoms with Crippen LogP contribution >= 0.6 is 11.8 Å². The first-order valence-electron chi connectivity index (χ1n) is 8.97. The highest BCUT2D eigenvalue weighted by Crippen LogP contribution is 2.30. The number of aliphatic hydroxyl groups is 1. The number of rotatable bonds is 10. The van der Waals surface area contributed by atoms with E-state index < -0.39 is 0 Å². The minimum atomic E-state index is -0.250. The first-order chi connectivity index (χ1) is 13.9. The van der Waals surface area contributed by atoms with Crippen LogP contribution in [0.5, 0.6) is 11.5 Å². The number of methoxy groups -OCH3 is 2. The van der Waals surface area contributed by atoms with Crippen LogP contribution in [0.2, 0.25) is 0 Å². The maximum absolute atomic E-state index is 12.3. The molecule has 0 saturated carbocycles. The smallest absolute Gasteiger partial charge is 0.240 e. The second kappa shape index (κ2) is 10.7. The fourth-order valence-corrected chi connectivity index (χ4v) is 3.35. The number of carbonyl (C=O) groups excluding carboxylic acids is 2. The summed E-state index contributed by atoms with van der Waals surface area (Å²) in [7, 11) is 3.06. The predicted molar refractivity (Wildman–Crippen MR) is 110 cm³/mol. The maximum Gasteiger partial charge on any atom is 0.240 e. The van der Waals surface area contributed by atoms with Gasteiger partial charge in [0.1, 0.15) is 6.54 Å². The Morgan fingerprint density at radius 1 is 1.21 bits per heavy atom. The highest BCUT2D eigenvalue weighted by molar-refractivity contribution is 7.99. The van der Waals surface area contributed by atoms with Crippen molar-refractivity contribution in [2.24, 2.45) is 0 Å². The van der Waals surface area contributed by atoms with E-state index in [2.05, 4.69) is 15.6 Å². The molecule has 2 rings (SSSR count). The molecule has 3 N–H and O–H groups in total. The van der Waals surface area contributed by atoms with Gasteiger partial charge in [0.15, 0.2) is 16.7 Å². The summed E-state index contributed by atoms with van der Waals surface area (Å²) in [4.78, 5) is 28.6. The third-order valence-electron chi connectivity index (χ3n) is 3.81. The van der Waals surface area contributed by atoms with Crippen LogP contribution in [-0.2, 0) is 22.7 Å². The molecule has 10 heteroatoms. The van der Waals surface area contributed by atoms with Crippen molar-refractivity contribution in [2.45, 2.75) is 38.2 Å². The van der Waals surface area contributed by atoms with Gasteiger partial charge in [0.25, 0.3) is 0 Å². The van der Waals surface area contributed by atoms with Crippen LogP contribution < -0.4 is 20.1 Å². The SMILES string of the molecule is COc1ccc(NC(=O)CSc2ncc(CO)n2CC(=O)NC(C)C)cc1OC. The van der Waals surface area contributed by atoms with Crippen molar-refractivity contribution in [1.82, 2.24) is 14.9 Å². The predicted octanol–water partition coefficient (Wildman–Crippen LogP) is 1.65. The molecule has 9 nitrogen and oxygen atoms in total. The van der Waals surface area contributed by atoms with Gasteiger partial charge >= 0.3 is 0 Å². The topological polar surface area (TPSA) is 115 Å². The summed E-state index contributed by atoms with van der Waals surface area (Å²) in [6, 6.07) is 5.09. The molecule has 0 radical (unpaired) electrons. The van der Waals surface area contributed by atoms with E-state index in [1.807, 2.05) is 13.8 Å². The average Bonchev–Trinajstić information content (AvgIpc) is 3.07. The van der Waals surface area contributed by atoms with Crippen molar-refractivity contribution in [3.8, 4) is 11.5 Å². The number of ether oxygens (including phenoxy) is 2. The van der Waals surface area contributed by atoms with E-state index in [0.29, 0.717) is 28.0 Å². The molecule has 0 spiro atoms. The molecule has 0 aliphatic heterocycles. The van der Waals surface area contributed by atoms with Gasteiger partial charge in [0.05, 0.1) is 38.5 Å². The Bertz CT molecular complexity index is 853. The number of aliphatic hydroxyl groups excluding tert-OH is 1. The number of thioether (sulfide) groups is 1. The molecule has 29 heavy (non-hydrogen) atoms. The van der Waals surface area contributed by atoms with Crippen LogP contribution in [0, 0.1) is 0 Å². The molecule has 1 aromatic carbocycles. The fraction of sp³-hybridized carbons (Fsp3) is 0.421. The van der Waals surface area contributed by atoms with Crippen LogP contribution in [-0.4, -0.2) is 52.5 Å².